The molecule has 2 atom stereocenters. The maximum Gasteiger partial charge on any atom is 0.237 e. The Labute approximate surface area is 97.9 Å². The number of carbonyl (C=O) groups excluding carboxylic acids is 1. The third-order valence-electron chi connectivity index (χ3n) is 3.78. The van der Waals surface area contributed by atoms with Gasteiger partial charge in [-0.05, 0) is 44.6 Å². The first-order chi connectivity index (χ1) is 7.81. The summed E-state index contributed by atoms with van der Waals surface area (Å²) in [6.45, 7) is 2.20. The molecule has 3 heteroatoms. The van der Waals surface area contributed by atoms with Crippen LogP contribution in [0.1, 0.15) is 32.1 Å². The van der Waals surface area contributed by atoms with E-state index in [1.165, 1.54) is 25.7 Å². The minimum absolute atomic E-state index is 0.135. The first kappa shape index (κ1) is 11.6. The third kappa shape index (κ3) is 2.64. The van der Waals surface area contributed by atoms with E-state index in [4.69, 9.17) is 0 Å². The summed E-state index contributed by atoms with van der Waals surface area (Å²) in [5.41, 5.74) is 0. The molecule has 90 valence electrons. The van der Waals surface area contributed by atoms with Crippen LogP contribution >= 0.6 is 0 Å². The minimum Gasteiger partial charge on any atom is -0.358 e. The second kappa shape index (κ2) is 5.48. The summed E-state index contributed by atoms with van der Waals surface area (Å²) in [5.74, 6) is 0.958. The Bertz CT molecular complexity index is 275. The van der Waals surface area contributed by atoms with Gasteiger partial charge in [0.25, 0.3) is 0 Å². The first-order valence-corrected chi connectivity index (χ1v) is 6.42. The fourth-order valence-corrected chi connectivity index (χ4v) is 2.86. The van der Waals surface area contributed by atoms with E-state index in [1.54, 1.807) is 7.05 Å². The van der Waals surface area contributed by atoms with E-state index >= 15 is 0 Å². The number of rotatable bonds is 3. The molecule has 0 aromatic heterocycles. The van der Waals surface area contributed by atoms with Crippen molar-refractivity contribution >= 4 is 5.91 Å². The summed E-state index contributed by atoms with van der Waals surface area (Å²) in [5, 5.41) is 2.78. The molecule has 2 rings (SSSR count). The Morgan fingerprint density at radius 3 is 3.00 bits per heavy atom. The molecule has 1 heterocycles. The molecule has 0 aromatic carbocycles. The van der Waals surface area contributed by atoms with Crippen molar-refractivity contribution in [1.82, 2.24) is 10.2 Å². The normalized spacial score (nSPS) is 30.6. The number of hydrogen-bond donors (Lipinski definition) is 1. The van der Waals surface area contributed by atoms with Crippen LogP contribution < -0.4 is 5.32 Å². The van der Waals surface area contributed by atoms with E-state index in [-0.39, 0.29) is 11.9 Å². The van der Waals surface area contributed by atoms with Gasteiger partial charge in [0.1, 0.15) is 0 Å². The standard InChI is InChI=1S/C13H22N2O/c1-14-13(16)12-8-5-9-15(12)10-11-6-3-2-4-7-11/h2-3,11-12H,4-10H2,1H3,(H,14,16)/t11-,12+/m1/s1. The first-order valence-electron chi connectivity index (χ1n) is 6.42. The fraction of sp³-hybridized carbons (Fsp3) is 0.769. The van der Waals surface area contributed by atoms with Gasteiger partial charge in [-0.1, -0.05) is 12.2 Å². The van der Waals surface area contributed by atoms with Crippen molar-refractivity contribution in [2.24, 2.45) is 5.92 Å². The molecule has 3 nitrogen and oxygen atoms in total. The predicted molar refractivity (Wildman–Crippen MR) is 65.1 cm³/mol. The van der Waals surface area contributed by atoms with Gasteiger partial charge in [-0.2, -0.15) is 0 Å². The molecule has 16 heavy (non-hydrogen) atoms. The van der Waals surface area contributed by atoms with Crippen LogP contribution in [0.4, 0.5) is 0 Å². The molecule has 0 radical (unpaired) electrons. The van der Waals surface area contributed by atoms with Gasteiger partial charge >= 0.3 is 0 Å². The Kier molecular flexibility index (Phi) is 3.99. The third-order valence-corrected chi connectivity index (χ3v) is 3.78. The van der Waals surface area contributed by atoms with Gasteiger partial charge in [0, 0.05) is 13.6 Å². The SMILES string of the molecule is CNC(=O)[C@@H]1CCCN1C[C@@H]1CC=CCC1. The van der Waals surface area contributed by atoms with E-state index in [0.717, 1.165) is 25.4 Å². The zero-order valence-electron chi connectivity index (χ0n) is 10.1. The summed E-state index contributed by atoms with van der Waals surface area (Å²) in [7, 11) is 1.74. The summed E-state index contributed by atoms with van der Waals surface area (Å²) in [6.07, 6.45) is 10.5. The average molecular weight is 222 g/mol. The molecule has 1 amide bonds. The smallest absolute Gasteiger partial charge is 0.237 e. The molecular formula is C13H22N2O. The fourth-order valence-electron chi connectivity index (χ4n) is 2.86. The van der Waals surface area contributed by atoms with Gasteiger partial charge in [-0.15, -0.1) is 0 Å². The highest BCUT2D eigenvalue weighted by molar-refractivity contribution is 5.81. The summed E-state index contributed by atoms with van der Waals surface area (Å²) < 4.78 is 0. The zero-order valence-corrected chi connectivity index (χ0v) is 10.1. The monoisotopic (exact) mass is 222 g/mol. The van der Waals surface area contributed by atoms with Crippen molar-refractivity contribution in [3.63, 3.8) is 0 Å². The highest BCUT2D eigenvalue weighted by Crippen LogP contribution is 2.24. The number of carbonyl (C=O) groups is 1. The number of nitrogens with zero attached hydrogens (tertiary/aromatic N) is 1. The largest absolute Gasteiger partial charge is 0.358 e. The summed E-state index contributed by atoms with van der Waals surface area (Å²) in [6, 6.07) is 0.135. The van der Waals surface area contributed by atoms with Crippen LogP contribution in [0.5, 0.6) is 0 Å². The van der Waals surface area contributed by atoms with E-state index in [1.807, 2.05) is 0 Å². The highest BCUT2D eigenvalue weighted by Gasteiger charge is 2.31. The lowest BCUT2D eigenvalue weighted by Gasteiger charge is -2.28. The van der Waals surface area contributed by atoms with Gasteiger partial charge in [0.2, 0.25) is 5.91 Å². The molecule has 0 spiro atoms. The van der Waals surface area contributed by atoms with Crippen molar-refractivity contribution in [2.75, 3.05) is 20.1 Å². The van der Waals surface area contributed by atoms with Gasteiger partial charge in [0.05, 0.1) is 6.04 Å². The summed E-state index contributed by atoms with van der Waals surface area (Å²) >= 11 is 0. The molecule has 0 saturated carbocycles. The van der Waals surface area contributed by atoms with Crippen LogP contribution in [0.3, 0.4) is 0 Å². The van der Waals surface area contributed by atoms with Gasteiger partial charge in [-0.25, -0.2) is 0 Å². The molecule has 2 aliphatic rings. The Morgan fingerprint density at radius 1 is 1.44 bits per heavy atom. The Balaban J connectivity index is 1.88. The molecule has 1 aliphatic carbocycles. The van der Waals surface area contributed by atoms with Crippen LogP contribution in [0.25, 0.3) is 0 Å². The number of allylic oxidation sites excluding steroid dienone is 2. The van der Waals surface area contributed by atoms with Gasteiger partial charge in [0.15, 0.2) is 0 Å². The second-order valence-corrected chi connectivity index (χ2v) is 4.92. The molecule has 0 unspecified atom stereocenters. The Morgan fingerprint density at radius 2 is 2.31 bits per heavy atom. The molecule has 1 aliphatic heterocycles. The van der Waals surface area contributed by atoms with E-state index < -0.39 is 0 Å². The predicted octanol–water partition coefficient (Wildman–Crippen LogP) is 1.55. The number of nitrogens with one attached hydrogen (secondary N) is 1. The molecule has 0 bridgehead atoms. The van der Waals surface area contributed by atoms with Crippen molar-refractivity contribution in [3.8, 4) is 0 Å². The number of hydrogen-bond acceptors (Lipinski definition) is 2. The van der Waals surface area contributed by atoms with Crippen LogP contribution in [0.15, 0.2) is 12.2 Å². The topological polar surface area (TPSA) is 32.3 Å². The van der Waals surface area contributed by atoms with Crippen molar-refractivity contribution in [2.45, 2.75) is 38.1 Å². The second-order valence-electron chi connectivity index (χ2n) is 4.92. The van der Waals surface area contributed by atoms with Gasteiger partial charge in [-0.3, -0.25) is 9.69 Å². The van der Waals surface area contributed by atoms with Crippen LogP contribution in [0.2, 0.25) is 0 Å². The molecule has 0 aromatic rings. The maximum absolute atomic E-state index is 11.7. The lowest BCUT2D eigenvalue weighted by Crippen LogP contribution is -2.43. The Hall–Kier alpha value is -0.830. The molecule has 1 N–H and O–H groups in total. The van der Waals surface area contributed by atoms with E-state index in [2.05, 4.69) is 22.4 Å². The van der Waals surface area contributed by atoms with E-state index in [0.29, 0.717) is 0 Å². The maximum atomic E-state index is 11.7. The van der Waals surface area contributed by atoms with Crippen molar-refractivity contribution in [1.29, 1.82) is 0 Å². The number of likely N-dealkylation sites (tertiary alicyclic amines) is 1. The van der Waals surface area contributed by atoms with Crippen molar-refractivity contribution < 1.29 is 4.79 Å². The van der Waals surface area contributed by atoms with Gasteiger partial charge < -0.3 is 5.32 Å². The lowest BCUT2D eigenvalue weighted by atomic mass is 9.94. The minimum atomic E-state index is 0.135. The molecule has 1 saturated heterocycles. The molecule has 1 fully saturated rings. The quantitative estimate of drug-likeness (QED) is 0.735. The molecular weight excluding hydrogens is 200 g/mol. The van der Waals surface area contributed by atoms with E-state index in [9.17, 15) is 4.79 Å². The van der Waals surface area contributed by atoms with Crippen LogP contribution in [0, 0.1) is 5.92 Å². The number of likely N-dealkylation sites (N-methyl/N-ethyl adjacent to an activating group) is 1. The zero-order chi connectivity index (χ0) is 11.4. The van der Waals surface area contributed by atoms with Crippen LogP contribution in [-0.4, -0.2) is 37.0 Å². The highest BCUT2D eigenvalue weighted by atomic mass is 16.2. The average Bonchev–Trinajstić information content (AvgIpc) is 2.77. The van der Waals surface area contributed by atoms with Crippen LogP contribution in [-0.2, 0) is 4.79 Å². The summed E-state index contributed by atoms with van der Waals surface area (Å²) in [4.78, 5) is 14.1. The van der Waals surface area contributed by atoms with Crippen molar-refractivity contribution in [3.05, 3.63) is 12.2 Å². The number of amides is 1. The lowest BCUT2D eigenvalue weighted by molar-refractivity contribution is -0.125.